The first-order valence-corrected chi connectivity index (χ1v) is 5.58. The van der Waals surface area contributed by atoms with Gasteiger partial charge in [-0.2, -0.15) is 0 Å². The first kappa shape index (κ1) is 10.2. The molecule has 80 valence electrons. The Morgan fingerprint density at radius 3 is 3.13 bits per heavy atom. The van der Waals surface area contributed by atoms with Crippen molar-refractivity contribution in [2.24, 2.45) is 0 Å². The van der Waals surface area contributed by atoms with Crippen LogP contribution in [0.1, 0.15) is 24.0 Å². The first-order chi connectivity index (χ1) is 7.33. The number of nitrogens with zero attached hydrogens (tertiary/aromatic N) is 1. The highest BCUT2D eigenvalue weighted by atomic mass is 16.1. The molecule has 1 aromatic carbocycles. The second kappa shape index (κ2) is 4.47. The van der Waals surface area contributed by atoms with E-state index in [0.29, 0.717) is 6.42 Å². The Hall–Kier alpha value is -1.31. The molecule has 0 atom stereocenters. The second-order valence-electron chi connectivity index (χ2n) is 4.16. The third-order valence-electron chi connectivity index (χ3n) is 3.06. The SMILES string of the molecule is CN1CCCc2cccc(CCC=O)c21. The molecule has 0 unspecified atom stereocenters. The molecule has 0 radical (unpaired) electrons. The molecule has 1 aromatic rings. The Bertz CT molecular complexity index is 360. The van der Waals surface area contributed by atoms with E-state index in [0.717, 1.165) is 19.3 Å². The topological polar surface area (TPSA) is 20.3 Å². The number of hydrogen-bond donors (Lipinski definition) is 0. The maximum absolute atomic E-state index is 10.4. The van der Waals surface area contributed by atoms with Crippen molar-refractivity contribution in [1.82, 2.24) is 0 Å². The van der Waals surface area contributed by atoms with Crippen LogP contribution in [-0.4, -0.2) is 19.9 Å². The standard InChI is InChI=1S/C13H17NO/c1-14-9-3-7-11-5-2-6-12(13(11)14)8-4-10-15/h2,5-6,10H,3-4,7-9H2,1H3. The van der Waals surface area contributed by atoms with Gasteiger partial charge in [0, 0.05) is 25.7 Å². The Labute approximate surface area is 90.9 Å². The number of hydrogen-bond acceptors (Lipinski definition) is 2. The Morgan fingerprint density at radius 2 is 2.33 bits per heavy atom. The molecule has 2 rings (SSSR count). The third kappa shape index (κ3) is 2.04. The molecule has 0 fully saturated rings. The predicted molar refractivity (Wildman–Crippen MR) is 62.4 cm³/mol. The molecule has 0 spiro atoms. The van der Waals surface area contributed by atoms with Crippen LogP contribution in [0.15, 0.2) is 18.2 Å². The molecule has 0 amide bonds. The lowest BCUT2D eigenvalue weighted by molar-refractivity contribution is -0.107. The fraction of sp³-hybridized carbons (Fsp3) is 0.462. The van der Waals surface area contributed by atoms with Gasteiger partial charge in [0.25, 0.3) is 0 Å². The van der Waals surface area contributed by atoms with E-state index in [-0.39, 0.29) is 0 Å². The van der Waals surface area contributed by atoms with Gasteiger partial charge in [-0.25, -0.2) is 0 Å². The van der Waals surface area contributed by atoms with Crippen LogP contribution in [0.25, 0.3) is 0 Å². The van der Waals surface area contributed by atoms with Crippen molar-refractivity contribution in [3.8, 4) is 0 Å². The van der Waals surface area contributed by atoms with E-state index in [1.54, 1.807) is 0 Å². The van der Waals surface area contributed by atoms with Gasteiger partial charge >= 0.3 is 0 Å². The normalized spacial score (nSPS) is 14.9. The second-order valence-corrected chi connectivity index (χ2v) is 4.16. The number of carbonyl (C=O) groups excluding carboxylic acids is 1. The number of carbonyl (C=O) groups is 1. The minimum atomic E-state index is 0.629. The van der Waals surface area contributed by atoms with Crippen LogP contribution in [0.2, 0.25) is 0 Å². The van der Waals surface area contributed by atoms with Crippen molar-refractivity contribution in [3.63, 3.8) is 0 Å². The van der Waals surface area contributed by atoms with E-state index in [1.165, 1.54) is 29.7 Å². The largest absolute Gasteiger partial charge is 0.374 e. The van der Waals surface area contributed by atoms with Crippen LogP contribution in [-0.2, 0) is 17.6 Å². The summed E-state index contributed by atoms with van der Waals surface area (Å²) in [5, 5.41) is 0. The van der Waals surface area contributed by atoms with Crippen LogP contribution >= 0.6 is 0 Å². The minimum absolute atomic E-state index is 0.629. The molecule has 0 N–H and O–H groups in total. The summed E-state index contributed by atoms with van der Waals surface area (Å²) in [7, 11) is 2.14. The average Bonchev–Trinajstić information content (AvgIpc) is 2.26. The number of rotatable bonds is 3. The number of benzene rings is 1. The highest BCUT2D eigenvalue weighted by Gasteiger charge is 2.16. The van der Waals surface area contributed by atoms with Crippen LogP contribution in [0.3, 0.4) is 0 Å². The first-order valence-electron chi connectivity index (χ1n) is 5.58. The molecule has 2 nitrogen and oxygen atoms in total. The smallest absolute Gasteiger partial charge is 0.120 e. The molecule has 0 aliphatic carbocycles. The van der Waals surface area contributed by atoms with Crippen LogP contribution in [0, 0.1) is 0 Å². The van der Waals surface area contributed by atoms with Crippen molar-refractivity contribution in [2.75, 3.05) is 18.5 Å². The van der Waals surface area contributed by atoms with E-state index in [4.69, 9.17) is 0 Å². The third-order valence-corrected chi connectivity index (χ3v) is 3.06. The monoisotopic (exact) mass is 203 g/mol. The van der Waals surface area contributed by atoms with Crippen LogP contribution in [0.5, 0.6) is 0 Å². The summed E-state index contributed by atoms with van der Waals surface area (Å²) in [5.41, 5.74) is 4.12. The average molecular weight is 203 g/mol. The Morgan fingerprint density at radius 1 is 1.47 bits per heavy atom. The quantitative estimate of drug-likeness (QED) is 0.702. The van der Waals surface area contributed by atoms with Gasteiger partial charge in [-0.05, 0) is 30.4 Å². The summed E-state index contributed by atoms with van der Waals surface area (Å²) in [6.45, 7) is 1.13. The maximum atomic E-state index is 10.4. The molecule has 1 aliphatic rings. The van der Waals surface area contributed by atoms with E-state index in [9.17, 15) is 4.79 Å². The fourth-order valence-electron chi connectivity index (χ4n) is 2.37. The summed E-state index contributed by atoms with van der Waals surface area (Å²) in [4.78, 5) is 12.7. The van der Waals surface area contributed by atoms with Gasteiger partial charge < -0.3 is 9.69 Å². The Balaban J connectivity index is 2.33. The summed E-state index contributed by atoms with van der Waals surface area (Å²) < 4.78 is 0. The van der Waals surface area contributed by atoms with E-state index in [1.807, 2.05) is 0 Å². The molecule has 1 heterocycles. The highest BCUT2D eigenvalue weighted by molar-refractivity contribution is 5.62. The van der Waals surface area contributed by atoms with Crippen LogP contribution < -0.4 is 4.90 Å². The molecule has 0 bridgehead atoms. The van der Waals surface area contributed by atoms with E-state index in [2.05, 4.69) is 30.1 Å². The molecule has 1 aliphatic heterocycles. The summed E-state index contributed by atoms with van der Waals surface area (Å²) in [5.74, 6) is 0. The molecule has 2 heteroatoms. The van der Waals surface area contributed by atoms with Crippen molar-refractivity contribution in [3.05, 3.63) is 29.3 Å². The van der Waals surface area contributed by atoms with Crippen molar-refractivity contribution >= 4 is 12.0 Å². The lowest BCUT2D eigenvalue weighted by Gasteiger charge is -2.29. The summed E-state index contributed by atoms with van der Waals surface area (Å²) >= 11 is 0. The molecule has 0 aromatic heterocycles. The van der Waals surface area contributed by atoms with E-state index < -0.39 is 0 Å². The zero-order valence-corrected chi connectivity index (χ0v) is 9.20. The van der Waals surface area contributed by atoms with E-state index >= 15 is 0 Å². The number of aldehydes is 1. The Kier molecular flexibility index (Phi) is 3.05. The molecule has 15 heavy (non-hydrogen) atoms. The molecule has 0 saturated heterocycles. The van der Waals surface area contributed by atoms with Gasteiger partial charge in [-0.1, -0.05) is 18.2 Å². The van der Waals surface area contributed by atoms with Gasteiger partial charge in [0.2, 0.25) is 0 Å². The number of para-hydroxylation sites is 1. The summed E-state index contributed by atoms with van der Waals surface area (Å²) in [6, 6.07) is 6.46. The maximum Gasteiger partial charge on any atom is 0.120 e. The lowest BCUT2D eigenvalue weighted by Crippen LogP contribution is -2.26. The molecular weight excluding hydrogens is 186 g/mol. The number of aryl methyl sites for hydroxylation is 2. The van der Waals surface area contributed by atoms with Gasteiger partial charge in [0.15, 0.2) is 0 Å². The lowest BCUT2D eigenvalue weighted by atomic mass is 9.96. The van der Waals surface area contributed by atoms with Gasteiger partial charge in [-0.3, -0.25) is 0 Å². The van der Waals surface area contributed by atoms with Gasteiger partial charge in [0.05, 0.1) is 0 Å². The number of anilines is 1. The molecular formula is C13H17NO. The summed E-state index contributed by atoms with van der Waals surface area (Å²) in [6.07, 6.45) is 4.92. The molecule has 0 saturated carbocycles. The minimum Gasteiger partial charge on any atom is -0.374 e. The van der Waals surface area contributed by atoms with Crippen molar-refractivity contribution in [2.45, 2.75) is 25.7 Å². The van der Waals surface area contributed by atoms with Gasteiger partial charge in [-0.15, -0.1) is 0 Å². The predicted octanol–water partition coefficient (Wildman–Crippen LogP) is 2.20. The zero-order valence-electron chi connectivity index (χ0n) is 9.20. The fourth-order valence-corrected chi connectivity index (χ4v) is 2.37. The van der Waals surface area contributed by atoms with Crippen molar-refractivity contribution < 1.29 is 4.79 Å². The van der Waals surface area contributed by atoms with Gasteiger partial charge in [0.1, 0.15) is 6.29 Å². The van der Waals surface area contributed by atoms with Crippen LogP contribution in [0.4, 0.5) is 5.69 Å². The van der Waals surface area contributed by atoms with Crippen molar-refractivity contribution in [1.29, 1.82) is 0 Å². The number of fused-ring (bicyclic) bond motifs is 1. The highest BCUT2D eigenvalue weighted by Crippen LogP contribution is 2.30. The zero-order chi connectivity index (χ0) is 10.7.